The fourth-order valence-electron chi connectivity index (χ4n) is 2.14. The van der Waals surface area contributed by atoms with Crippen molar-refractivity contribution < 1.29 is 0 Å². The first-order valence-corrected chi connectivity index (χ1v) is 6.74. The molecule has 0 aromatic heterocycles. The highest BCUT2D eigenvalue weighted by Crippen LogP contribution is 2.22. The van der Waals surface area contributed by atoms with Gasteiger partial charge < -0.3 is 11.5 Å². The molecule has 1 aliphatic carbocycles. The minimum Gasteiger partial charge on any atom is -0.329 e. The van der Waals surface area contributed by atoms with Gasteiger partial charge in [0.25, 0.3) is 0 Å². The molecule has 0 heterocycles. The molecule has 1 aromatic carbocycles. The Kier molecular flexibility index (Phi) is 6.90. The SMILES string of the molecule is CC1CCCCC1.NCC(N)c1ccccc1. The number of hydrogen-bond donors (Lipinski definition) is 2. The fraction of sp³-hybridized carbons (Fsp3) is 0.600. The molecular formula is C15H26N2. The van der Waals surface area contributed by atoms with Gasteiger partial charge in [0, 0.05) is 12.6 Å². The summed E-state index contributed by atoms with van der Waals surface area (Å²) in [5.74, 6) is 1.04. The molecule has 4 N–H and O–H groups in total. The zero-order valence-corrected chi connectivity index (χ0v) is 10.9. The first-order valence-electron chi connectivity index (χ1n) is 6.74. The molecule has 96 valence electrons. The molecule has 0 radical (unpaired) electrons. The van der Waals surface area contributed by atoms with Crippen LogP contribution in [0.2, 0.25) is 0 Å². The van der Waals surface area contributed by atoms with E-state index in [4.69, 9.17) is 11.5 Å². The second-order valence-electron chi connectivity index (χ2n) is 5.00. The average molecular weight is 234 g/mol. The van der Waals surface area contributed by atoms with Crippen LogP contribution in [0, 0.1) is 5.92 Å². The molecule has 1 aliphatic rings. The molecule has 0 aliphatic heterocycles. The Bertz CT molecular complexity index is 278. The standard InChI is InChI=1S/C8H12N2.C7H14/c9-6-8(10)7-4-2-1-3-5-7;1-7-5-3-2-4-6-7/h1-5,8H,6,9-10H2;7H,2-6H2,1H3. The number of benzene rings is 1. The minimum atomic E-state index is -0.0128. The summed E-state index contributed by atoms with van der Waals surface area (Å²) in [7, 11) is 0. The zero-order chi connectivity index (χ0) is 12.5. The molecule has 1 atom stereocenters. The van der Waals surface area contributed by atoms with Crippen molar-refractivity contribution in [3.63, 3.8) is 0 Å². The monoisotopic (exact) mass is 234 g/mol. The highest BCUT2D eigenvalue weighted by atomic mass is 14.7. The van der Waals surface area contributed by atoms with E-state index in [0.717, 1.165) is 11.5 Å². The first kappa shape index (κ1) is 14.2. The molecule has 1 aromatic rings. The van der Waals surface area contributed by atoms with E-state index >= 15 is 0 Å². The van der Waals surface area contributed by atoms with Gasteiger partial charge in [0.15, 0.2) is 0 Å². The van der Waals surface area contributed by atoms with Crippen LogP contribution in [-0.4, -0.2) is 6.54 Å². The van der Waals surface area contributed by atoms with E-state index in [9.17, 15) is 0 Å². The third-order valence-corrected chi connectivity index (χ3v) is 3.38. The topological polar surface area (TPSA) is 52.0 Å². The van der Waals surface area contributed by atoms with E-state index in [1.165, 1.54) is 32.1 Å². The maximum absolute atomic E-state index is 5.67. The van der Waals surface area contributed by atoms with Gasteiger partial charge in [-0.2, -0.15) is 0 Å². The summed E-state index contributed by atoms with van der Waals surface area (Å²) in [6.45, 7) is 2.86. The van der Waals surface area contributed by atoms with Crippen molar-refractivity contribution in [2.45, 2.75) is 45.1 Å². The summed E-state index contributed by atoms with van der Waals surface area (Å²) < 4.78 is 0. The van der Waals surface area contributed by atoms with Crippen molar-refractivity contribution in [1.82, 2.24) is 0 Å². The van der Waals surface area contributed by atoms with Crippen molar-refractivity contribution in [3.05, 3.63) is 35.9 Å². The average Bonchev–Trinajstić information content (AvgIpc) is 2.40. The van der Waals surface area contributed by atoms with E-state index in [1.54, 1.807) is 0 Å². The molecule has 0 amide bonds. The van der Waals surface area contributed by atoms with Gasteiger partial charge in [-0.1, -0.05) is 69.4 Å². The molecule has 1 unspecified atom stereocenters. The summed E-state index contributed by atoms with van der Waals surface area (Å²) in [4.78, 5) is 0. The van der Waals surface area contributed by atoms with Gasteiger partial charge in [-0.3, -0.25) is 0 Å². The molecule has 0 spiro atoms. The van der Waals surface area contributed by atoms with Crippen molar-refractivity contribution in [2.24, 2.45) is 17.4 Å². The molecular weight excluding hydrogens is 208 g/mol. The maximum atomic E-state index is 5.67. The van der Waals surface area contributed by atoms with Crippen molar-refractivity contribution in [2.75, 3.05) is 6.54 Å². The lowest BCUT2D eigenvalue weighted by molar-refractivity contribution is 0.385. The maximum Gasteiger partial charge on any atom is 0.0419 e. The van der Waals surface area contributed by atoms with Gasteiger partial charge in [-0.25, -0.2) is 0 Å². The second-order valence-corrected chi connectivity index (χ2v) is 5.00. The van der Waals surface area contributed by atoms with Gasteiger partial charge in [-0.05, 0) is 11.5 Å². The van der Waals surface area contributed by atoms with Crippen LogP contribution in [-0.2, 0) is 0 Å². The predicted molar refractivity (Wildman–Crippen MR) is 74.7 cm³/mol. The van der Waals surface area contributed by atoms with Gasteiger partial charge in [0.2, 0.25) is 0 Å². The lowest BCUT2D eigenvalue weighted by atomic mass is 9.91. The Morgan fingerprint density at radius 2 is 1.71 bits per heavy atom. The smallest absolute Gasteiger partial charge is 0.0419 e. The Balaban J connectivity index is 0.000000181. The molecule has 2 rings (SSSR count). The fourth-order valence-corrected chi connectivity index (χ4v) is 2.14. The van der Waals surface area contributed by atoms with Crippen LogP contribution in [0.5, 0.6) is 0 Å². The molecule has 2 nitrogen and oxygen atoms in total. The van der Waals surface area contributed by atoms with Crippen LogP contribution < -0.4 is 11.5 Å². The number of nitrogens with two attached hydrogens (primary N) is 2. The molecule has 0 saturated heterocycles. The molecule has 1 fully saturated rings. The highest BCUT2D eigenvalue weighted by Gasteiger charge is 2.05. The number of hydrogen-bond acceptors (Lipinski definition) is 2. The van der Waals surface area contributed by atoms with Crippen LogP contribution in [0.3, 0.4) is 0 Å². The Hall–Kier alpha value is -0.860. The van der Waals surface area contributed by atoms with Gasteiger partial charge in [-0.15, -0.1) is 0 Å². The van der Waals surface area contributed by atoms with Crippen LogP contribution in [0.15, 0.2) is 30.3 Å². The van der Waals surface area contributed by atoms with E-state index in [-0.39, 0.29) is 6.04 Å². The molecule has 17 heavy (non-hydrogen) atoms. The largest absolute Gasteiger partial charge is 0.329 e. The van der Waals surface area contributed by atoms with E-state index in [1.807, 2.05) is 30.3 Å². The normalized spacial score (nSPS) is 18.1. The minimum absolute atomic E-state index is 0.0128. The first-order chi connectivity index (χ1) is 8.24. The van der Waals surface area contributed by atoms with Crippen LogP contribution in [0.1, 0.15) is 50.6 Å². The Morgan fingerprint density at radius 1 is 1.12 bits per heavy atom. The van der Waals surface area contributed by atoms with Crippen molar-refractivity contribution in [3.8, 4) is 0 Å². The summed E-state index contributed by atoms with van der Waals surface area (Å²) in [6.07, 6.45) is 7.44. The van der Waals surface area contributed by atoms with Gasteiger partial charge >= 0.3 is 0 Å². The van der Waals surface area contributed by atoms with Crippen LogP contribution >= 0.6 is 0 Å². The summed E-state index contributed by atoms with van der Waals surface area (Å²) >= 11 is 0. The lowest BCUT2D eigenvalue weighted by Crippen LogP contribution is -2.20. The summed E-state index contributed by atoms with van der Waals surface area (Å²) in [5.41, 5.74) is 12.2. The third kappa shape index (κ3) is 5.85. The van der Waals surface area contributed by atoms with E-state index in [0.29, 0.717) is 6.54 Å². The molecule has 0 bridgehead atoms. The quantitative estimate of drug-likeness (QED) is 0.825. The summed E-state index contributed by atoms with van der Waals surface area (Å²) in [6, 6.07) is 9.85. The molecule has 2 heteroatoms. The van der Waals surface area contributed by atoms with Crippen molar-refractivity contribution >= 4 is 0 Å². The summed E-state index contributed by atoms with van der Waals surface area (Å²) in [5, 5.41) is 0. The Morgan fingerprint density at radius 3 is 2.12 bits per heavy atom. The predicted octanol–water partition coefficient (Wildman–Crippen LogP) is 3.23. The van der Waals surface area contributed by atoms with E-state index in [2.05, 4.69) is 6.92 Å². The molecule has 1 saturated carbocycles. The van der Waals surface area contributed by atoms with Crippen LogP contribution in [0.4, 0.5) is 0 Å². The van der Waals surface area contributed by atoms with Crippen LogP contribution in [0.25, 0.3) is 0 Å². The lowest BCUT2D eigenvalue weighted by Gasteiger charge is -2.15. The second kappa shape index (κ2) is 8.26. The third-order valence-electron chi connectivity index (χ3n) is 3.38. The van der Waals surface area contributed by atoms with Gasteiger partial charge in [0.05, 0.1) is 0 Å². The highest BCUT2D eigenvalue weighted by molar-refractivity contribution is 5.18. The Labute approximate surface area is 105 Å². The van der Waals surface area contributed by atoms with Crippen molar-refractivity contribution in [1.29, 1.82) is 0 Å². The zero-order valence-electron chi connectivity index (χ0n) is 10.9. The van der Waals surface area contributed by atoms with Gasteiger partial charge in [0.1, 0.15) is 0 Å². The number of rotatable bonds is 2. The van der Waals surface area contributed by atoms with E-state index < -0.39 is 0 Å².